The van der Waals surface area contributed by atoms with Gasteiger partial charge in [0.15, 0.2) is 5.78 Å². The van der Waals surface area contributed by atoms with Crippen molar-refractivity contribution in [3.05, 3.63) is 46.2 Å². The lowest BCUT2D eigenvalue weighted by molar-refractivity contribution is -0.128. The third kappa shape index (κ3) is 4.42. The van der Waals surface area contributed by atoms with E-state index in [4.69, 9.17) is 11.6 Å². The van der Waals surface area contributed by atoms with E-state index < -0.39 is 11.8 Å². The number of hydrogen-bond acceptors (Lipinski definition) is 4. The molecule has 2 aromatic rings. The molecule has 2 unspecified atom stereocenters. The van der Waals surface area contributed by atoms with Crippen molar-refractivity contribution in [2.75, 3.05) is 0 Å². The van der Waals surface area contributed by atoms with Gasteiger partial charge in [-0.1, -0.05) is 18.5 Å². The maximum absolute atomic E-state index is 13.1. The number of aromatic nitrogens is 2. The van der Waals surface area contributed by atoms with Crippen molar-refractivity contribution in [2.24, 2.45) is 5.92 Å². The summed E-state index contributed by atoms with van der Waals surface area (Å²) < 4.78 is 1.68. The summed E-state index contributed by atoms with van der Waals surface area (Å²) in [5.74, 6) is -1.80. The van der Waals surface area contributed by atoms with Crippen molar-refractivity contribution in [3.63, 3.8) is 0 Å². The minimum atomic E-state index is -0.794. The second-order valence-corrected chi connectivity index (χ2v) is 8.36. The third-order valence-corrected chi connectivity index (χ3v) is 5.48. The van der Waals surface area contributed by atoms with Crippen LogP contribution < -0.4 is 5.32 Å². The summed E-state index contributed by atoms with van der Waals surface area (Å²) in [6.07, 6.45) is 4.13. The predicted molar refractivity (Wildman–Crippen MR) is 111 cm³/mol. The zero-order valence-corrected chi connectivity index (χ0v) is 17.9. The van der Waals surface area contributed by atoms with Gasteiger partial charge < -0.3 is 5.32 Å². The van der Waals surface area contributed by atoms with Crippen LogP contribution in [0.1, 0.15) is 56.2 Å². The quantitative estimate of drug-likeness (QED) is 0.731. The molecular formula is C22H26ClN3O3. The highest BCUT2D eigenvalue weighted by Crippen LogP contribution is 2.38. The number of benzene rings is 1. The Bertz CT molecular complexity index is 964. The van der Waals surface area contributed by atoms with Crippen LogP contribution in [0, 0.1) is 12.8 Å². The van der Waals surface area contributed by atoms with E-state index in [9.17, 15) is 14.4 Å². The van der Waals surface area contributed by atoms with E-state index in [1.807, 2.05) is 39.8 Å². The SMILES string of the molecule is CCc1cc(-n2cc(Cl)cn2)cc(C)c1C1C(=O)CC(CC(=O)NC(C)C)C1=O. The highest BCUT2D eigenvalue weighted by atomic mass is 35.5. The number of ketones is 2. The maximum Gasteiger partial charge on any atom is 0.220 e. The van der Waals surface area contributed by atoms with E-state index in [2.05, 4.69) is 10.4 Å². The molecule has 154 valence electrons. The zero-order chi connectivity index (χ0) is 21.3. The van der Waals surface area contributed by atoms with Crippen molar-refractivity contribution in [3.8, 4) is 5.69 Å². The monoisotopic (exact) mass is 415 g/mol. The Labute approximate surface area is 175 Å². The largest absolute Gasteiger partial charge is 0.354 e. The molecule has 0 spiro atoms. The molecule has 6 nitrogen and oxygen atoms in total. The van der Waals surface area contributed by atoms with Crippen LogP contribution in [0.25, 0.3) is 5.69 Å². The van der Waals surface area contributed by atoms with Crippen molar-refractivity contribution < 1.29 is 14.4 Å². The molecule has 0 radical (unpaired) electrons. The molecule has 1 amide bonds. The van der Waals surface area contributed by atoms with Crippen LogP contribution in [0.2, 0.25) is 5.02 Å². The number of halogens is 1. The van der Waals surface area contributed by atoms with Gasteiger partial charge in [0.1, 0.15) is 11.7 Å². The Morgan fingerprint density at radius 2 is 2.07 bits per heavy atom. The maximum atomic E-state index is 13.1. The first-order valence-corrected chi connectivity index (χ1v) is 10.3. The molecule has 1 heterocycles. The van der Waals surface area contributed by atoms with Crippen LogP contribution >= 0.6 is 11.6 Å². The highest BCUT2D eigenvalue weighted by molar-refractivity contribution is 6.30. The number of hydrogen-bond donors (Lipinski definition) is 1. The molecule has 29 heavy (non-hydrogen) atoms. The standard InChI is InChI=1S/C22H26ClN3O3/c1-5-14-7-17(26-11-16(23)10-24-26)6-13(4)20(14)21-18(27)8-15(22(21)29)9-19(28)25-12(2)3/h6-7,10-12,15,21H,5,8-9H2,1-4H3,(H,25,28). The summed E-state index contributed by atoms with van der Waals surface area (Å²) in [6, 6.07) is 3.87. The van der Waals surface area contributed by atoms with Crippen LogP contribution in [-0.2, 0) is 20.8 Å². The first-order chi connectivity index (χ1) is 13.7. The minimum Gasteiger partial charge on any atom is -0.354 e. The average molecular weight is 416 g/mol. The Hall–Kier alpha value is -2.47. The summed E-state index contributed by atoms with van der Waals surface area (Å²) in [6.45, 7) is 7.64. The van der Waals surface area contributed by atoms with Gasteiger partial charge in [-0.15, -0.1) is 0 Å². The molecule has 0 saturated heterocycles. The van der Waals surface area contributed by atoms with Gasteiger partial charge >= 0.3 is 0 Å². The van der Waals surface area contributed by atoms with Gasteiger partial charge in [0.2, 0.25) is 5.91 Å². The highest BCUT2D eigenvalue weighted by Gasteiger charge is 2.44. The fraction of sp³-hybridized carbons (Fsp3) is 0.455. The molecule has 1 aliphatic rings. The molecule has 0 aliphatic heterocycles. The van der Waals surface area contributed by atoms with Crippen LogP contribution in [0.15, 0.2) is 24.5 Å². The van der Waals surface area contributed by atoms with Gasteiger partial charge in [-0.3, -0.25) is 14.4 Å². The fourth-order valence-electron chi connectivity index (χ4n) is 4.07. The van der Waals surface area contributed by atoms with Gasteiger partial charge in [0.05, 0.1) is 16.9 Å². The minimum absolute atomic E-state index is 0.00258. The molecule has 0 bridgehead atoms. The number of carbonyl (C=O) groups is 3. The molecule has 1 aliphatic carbocycles. The normalized spacial score (nSPS) is 19.2. The van der Waals surface area contributed by atoms with E-state index >= 15 is 0 Å². The van der Waals surface area contributed by atoms with Gasteiger partial charge in [0.25, 0.3) is 0 Å². The first kappa shape index (κ1) is 21.2. The van der Waals surface area contributed by atoms with E-state index in [1.165, 1.54) is 0 Å². The summed E-state index contributed by atoms with van der Waals surface area (Å²) in [4.78, 5) is 38.0. The number of amides is 1. The molecule has 1 fully saturated rings. The second-order valence-electron chi connectivity index (χ2n) is 7.92. The Morgan fingerprint density at radius 3 is 2.66 bits per heavy atom. The number of rotatable bonds is 6. The zero-order valence-electron chi connectivity index (χ0n) is 17.2. The van der Waals surface area contributed by atoms with Crippen molar-refractivity contribution in [1.82, 2.24) is 15.1 Å². The lowest BCUT2D eigenvalue weighted by atomic mass is 9.85. The molecular weight excluding hydrogens is 390 g/mol. The number of Topliss-reactive ketones (excluding diaryl/α,β-unsaturated/α-hetero) is 2. The summed E-state index contributed by atoms with van der Waals surface area (Å²) in [7, 11) is 0. The first-order valence-electron chi connectivity index (χ1n) is 9.91. The number of aryl methyl sites for hydroxylation is 2. The van der Waals surface area contributed by atoms with Gasteiger partial charge in [-0.2, -0.15) is 5.10 Å². The Balaban J connectivity index is 1.92. The smallest absolute Gasteiger partial charge is 0.220 e. The summed E-state index contributed by atoms with van der Waals surface area (Å²) >= 11 is 5.98. The number of nitrogens with one attached hydrogen (secondary N) is 1. The topological polar surface area (TPSA) is 81.1 Å². The van der Waals surface area contributed by atoms with Crippen molar-refractivity contribution >= 4 is 29.1 Å². The predicted octanol–water partition coefficient (Wildman–Crippen LogP) is 3.55. The number of nitrogens with zero attached hydrogens (tertiary/aromatic N) is 2. The Morgan fingerprint density at radius 1 is 1.34 bits per heavy atom. The van der Waals surface area contributed by atoms with Crippen molar-refractivity contribution in [2.45, 2.75) is 58.9 Å². The van der Waals surface area contributed by atoms with Gasteiger partial charge in [0, 0.05) is 31.0 Å². The lowest BCUT2D eigenvalue weighted by Gasteiger charge is -2.18. The van der Waals surface area contributed by atoms with Crippen LogP contribution in [-0.4, -0.2) is 33.3 Å². The molecule has 7 heteroatoms. The molecule has 3 rings (SSSR count). The van der Waals surface area contributed by atoms with Crippen molar-refractivity contribution in [1.29, 1.82) is 0 Å². The van der Waals surface area contributed by atoms with E-state index in [0.29, 0.717) is 11.4 Å². The average Bonchev–Trinajstić information content (AvgIpc) is 3.18. The van der Waals surface area contributed by atoms with Gasteiger partial charge in [-0.05, 0) is 56.0 Å². The molecule has 2 atom stereocenters. The van der Waals surface area contributed by atoms with Crippen LogP contribution in [0.3, 0.4) is 0 Å². The Kier molecular flexibility index (Phi) is 6.22. The van der Waals surface area contributed by atoms with Gasteiger partial charge in [-0.25, -0.2) is 4.68 Å². The third-order valence-electron chi connectivity index (χ3n) is 5.28. The molecule has 1 aromatic carbocycles. The second kappa shape index (κ2) is 8.49. The molecule has 1 saturated carbocycles. The summed E-state index contributed by atoms with van der Waals surface area (Å²) in [5, 5.41) is 7.57. The molecule has 1 aromatic heterocycles. The van der Waals surface area contributed by atoms with Crippen LogP contribution in [0.5, 0.6) is 0 Å². The van der Waals surface area contributed by atoms with Crippen LogP contribution in [0.4, 0.5) is 0 Å². The summed E-state index contributed by atoms with van der Waals surface area (Å²) in [5.41, 5.74) is 3.41. The molecule has 1 N–H and O–H groups in total. The lowest BCUT2D eigenvalue weighted by Crippen LogP contribution is -2.32. The van der Waals surface area contributed by atoms with E-state index in [-0.39, 0.29) is 36.4 Å². The fourth-order valence-corrected chi connectivity index (χ4v) is 4.20. The van der Waals surface area contributed by atoms with E-state index in [1.54, 1.807) is 17.1 Å². The van der Waals surface area contributed by atoms with E-state index in [0.717, 1.165) is 22.4 Å². The number of carbonyl (C=O) groups excluding carboxylic acids is 3.